The van der Waals surface area contributed by atoms with Gasteiger partial charge in [-0.3, -0.25) is 0 Å². The molecule has 1 saturated heterocycles. The number of hydrazine groups is 2. The van der Waals surface area contributed by atoms with E-state index < -0.39 is 0 Å². The highest BCUT2D eigenvalue weighted by molar-refractivity contribution is 4.71. The van der Waals surface area contributed by atoms with Gasteiger partial charge in [0.1, 0.15) is 0 Å². The summed E-state index contributed by atoms with van der Waals surface area (Å²) in [6, 6.07) is 0.758. The van der Waals surface area contributed by atoms with E-state index >= 15 is 0 Å². The van der Waals surface area contributed by atoms with Gasteiger partial charge < -0.3 is 0 Å². The molecule has 1 heterocycles. The first-order valence-electron chi connectivity index (χ1n) is 8.22. The zero-order valence-electron chi connectivity index (χ0n) is 11.9. The average molecular weight is 253 g/mol. The molecule has 0 aromatic carbocycles. The third-order valence-electron chi connectivity index (χ3n) is 4.44. The molecule has 106 valence electrons. The van der Waals surface area contributed by atoms with Crippen LogP contribution in [0.4, 0.5) is 0 Å². The maximum atomic E-state index is 3.48. The third kappa shape index (κ3) is 5.25. The van der Waals surface area contributed by atoms with Crippen molar-refractivity contribution < 1.29 is 0 Å². The molecule has 1 aliphatic carbocycles. The molecule has 18 heavy (non-hydrogen) atoms. The normalized spacial score (nSPS) is 27.3. The Morgan fingerprint density at radius 1 is 0.667 bits per heavy atom. The van der Waals surface area contributed by atoms with Crippen LogP contribution in [0.25, 0.3) is 0 Å². The Labute approximate surface area is 113 Å². The van der Waals surface area contributed by atoms with Crippen molar-refractivity contribution in [2.75, 3.05) is 13.1 Å². The molecular formula is C15H31N3. The maximum absolute atomic E-state index is 3.48. The lowest BCUT2D eigenvalue weighted by molar-refractivity contribution is 0.0825. The van der Waals surface area contributed by atoms with Crippen LogP contribution in [-0.2, 0) is 0 Å². The number of rotatable bonds is 1. The van der Waals surface area contributed by atoms with E-state index in [1.54, 1.807) is 0 Å². The summed E-state index contributed by atoms with van der Waals surface area (Å²) in [5.41, 5.74) is 6.89. The molecule has 0 spiro atoms. The SMILES string of the molecule is C1CCCCC(N2CCCCCCNN2)CCC1. The number of hydrogen-bond donors (Lipinski definition) is 2. The second kappa shape index (κ2) is 8.89. The van der Waals surface area contributed by atoms with Crippen molar-refractivity contribution in [1.29, 1.82) is 0 Å². The topological polar surface area (TPSA) is 27.3 Å². The summed E-state index contributed by atoms with van der Waals surface area (Å²) < 4.78 is 0. The Kier molecular flexibility index (Phi) is 7.06. The fourth-order valence-electron chi connectivity index (χ4n) is 3.26. The minimum Gasteiger partial charge on any atom is -0.244 e. The molecule has 2 aliphatic rings. The van der Waals surface area contributed by atoms with Crippen LogP contribution in [0.3, 0.4) is 0 Å². The molecule has 0 bridgehead atoms. The van der Waals surface area contributed by atoms with Gasteiger partial charge in [0.05, 0.1) is 0 Å². The smallest absolute Gasteiger partial charge is 0.0256 e. The molecule has 0 atom stereocenters. The Morgan fingerprint density at radius 3 is 2.06 bits per heavy atom. The molecule has 3 heteroatoms. The average Bonchev–Trinajstić information content (AvgIpc) is 2.61. The van der Waals surface area contributed by atoms with Crippen molar-refractivity contribution in [2.45, 2.75) is 83.1 Å². The Hall–Kier alpha value is -0.120. The van der Waals surface area contributed by atoms with Gasteiger partial charge in [-0.05, 0) is 25.7 Å². The quantitative estimate of drug-likeness (QED) is 0.750. The lowest BCUT2D eigenvalue weighted by Crippen LogP contribution is -2.52. The summed E-state index contributed by atoms with van der Waals surface area (Å²) in [5.74, 6) is 0. The molecule has 0 aromatic heterocycles. The van der Waals surface area contributed by atoms with Crippen LogP contribution < -0.4 is 11.0 Å². The molecule has 2 N–H and O–H groups in total. The van der Waals surface area contributed by atoms with Crippen molar-refractivity contribution in [3.63, 3.8) is 0 Å². The van der Waals surface area contributed by atoms with E-state index in [-0.39, 0.29) is 0 Å². The first-order chi connectivity index (χ1) is 8.97. The molecule has 0 amide bonds. The van der Waals surface area contributed by atoms with E-state index in [9.17, 15) is 0 Å². The zero-order valence-corrected chi connectivity index (χ0v) is 11.9. The second-order valence-corrected chi connectivity index (χ2v) is 6.00. The minimum absolute atomic E-state index is 0.758. The number of hydrogen-bond acceptors (Lipinski definition) is 3. The van der Waals surface area contributed by atoms with Gasteiger partial charge in [0.25, 0.3) is 0 Å². The van der Waals surface area contributed by atoms with Gasteiger partial charge >= 0.3 is 0 Å². The van der Waals surface area contributed by atoms with Crippen molar-refractivity contribution in [1.82, 2.24) is 16.0 Å². The van der Waals surface area contributed by atoms with Gasteiger partial charge in [0, 0.05) is 19.1 Å². The van der Waals surface area contributed by atoms with E-state index in [0.29, 0.717) is 0 Å². The van der Waals surface area contributed by atoms with Gasteiger partial charge in [-0.2, -0.15) is 5.53 Å². The first kappa shape index (κ1) is 14.3. The Bertz CT molecular complexity index is 166. The Morgan fingerprint density at radius 2 is 1.28 bits per heavy atom. The molecule has 1 saturated carbocycles. The van der Waals surface area contributed by atoms with Gasteiger partial charge in [0.2, 0.25) is 0 Å². The van der Waals surface area contributed by atoms with Crippen molar-refractivity contribution in [2.24, 2.45) is 0 Å². The molecule has 0 unspecified atom stereocenters. The van der Waals surface area contributed by atoms with E-state index in [2.05, 4.69) is 16.0 Å². The van der Waals surface area contributed by atoms with Crippen LogP contribution in [0, 0.1) is 0 Å². The Balaban J connectivity index is 1.83. The van der Waals surface area contributed by atoms with Crippen LogP contribution in [0.5, 0.6) is 0 Å². The molecule has 1 aliphatic heterocycles. The summed E-state index contributed by atoms with van der Waals surface area (Å²) in [4.78, 5) is 0. The van der Waals surface area contributed by atoms with Gasteiger partial charge in [-0.1, -0.05) is 51.4 Å². The van der Waals surface area contributed by atoms with Crippen LogP contribution in [0.1, 0.15) is 77.0 Å². The summed E-state index contributed by atoms with van der Waals surface area (Å²) >= 11 is 0. The zero-order chi connectivity index (χ0) is 12.5. The highest BCUT2D eigenvalue weighted by Gasteiger charge is 2.18. The van der Waals surface area contributed by atoms with E-state index in [1.807, 2.05) is 0 Å². The van der Waals surface area contributed by atoms with E-state index in [4.69, 9.17) is 0 Å². The summed E-state index contributed by atoms with van der Waals surface area (Å²) in [7, 11) is 0. The number of nitrogens with zero attached hydrogens (tertiary/aromatic N) is 1. The maximum Gasteiger partial charge on any atom is 0.0256 e. The lowest BCUT2D eigenvalue weighted by atomic mass is 10.0. The van der Waals surface area contributed by atoms with Gasteiger partial charge in [0.15, 0.2) is 0 Å². The molecular weight excluding hydrogens is 222 g/mol. The summed E-state index contributed by atoms with van der Waals surface area (Å²) in [5, 5.41) is 2.51. The van der Waals surface area contributed by atoms with Crippen molar-refractivity contribution in [3.05, 3.63) is 0 Å². The standard InChI is InChI=1S/C15H31N3/c1-2-4-8-12-15(11-7-3-1)18-14-10-6-5-9-13-16-17-18/h15-17H,1-14H2. The fraction of sp³-hybridized carbons (Fsp3) is 1.00. The monoisotopic (exact) mass is 253 g/mol. The van der Waals surface area contributed by atoms with Crippen LogP contribution in [0.15, 0.2) is 0 Å². The first-order valence-corrected chi connectivity index (χ1v) is 8.22. The van der Waals surface area contributed by atoms with E-state index in [1.165, 1.54) is 83.6 Å². The highest BCUT2D eigenvalue weighted by Crippen LogP contribution is 2.20. The highest BCUT2D eigenvalue weighted by atomic mass is 15.7. The molecule has 0 aromatic rings. The molecule has 3 nitrogen and oxygen atoms in total. The van der Waals surface area contributed by atoms with Gasteiger partial charge in [-0.15, -0.1) is 0 Å². The van der Waals surface area contributed by atoms with Crippen molar-refractivity contribution >= 4 is 0 Å². The predicted octanol–water partition coefficient (Wildman–Crippen LogP) is 3.37. The molecule has 2 rings (SSSR count). The van der Waals surface area contributed by atoms with Crippen LogP contribution in [0.2, 0.25) is 0 Å². The summed E-state index contributed by atoms with van der Waals surface area (Å²) in [6.45, 7) is 2.33. The van der Waals surface area contributed by atoms with Crippen molar-refractivity contribution in [3.8, 4) is 0 Å². The van der Waals surface area contributed by atoms with Gasteiger partial charge in [-0.25, -0.2) is 10.4 Å². The van der Waals surface area contributed by atoms with E-state index in [0.717, 1.165) is 12.6 Å². The predicted molar refractivity (Wildman–Crippen MR) is 77.0 cm³/mol. The number of nitrogens with one attached hydrogen (secondary N) is 2. The molecule has 2 fully saturated rings. The minimum atomic E-state index is 0.758. The largest absolute Gasteiger partial charge is 0.244 e. The second-order valence-electron chi connectivity index (χ2n) is 6.00. The summed E-state index contributed by atoms with van der Waals surface area (Å²) in [6.07, 6.45) is 16.8. The van der Waals surface area contributed by atoms with Crippen LogP contribution in [-0.4, -0.2) is 24.1 Å². The molecule has 0 radical (unpaired) electrons. The van der Waals surface area contributed by atoms with Crippen LogP contribution >= 0.6 is 0 Å². The lowest BCUT2D eigenvalue weighted by Gasteiger charge is -2.32. The fourth-order valence-corrected chi connectivity index (χ4v) is 3.26. The third-order valence-corrected chi connectivity index (χ3v) is 4.44.